The Kier molecular flexibility index (Phi) is 4.28. The maximum Gasteiger partial charge on any atom is 0.323 e. The van der Waals surface area contributed by atoms with Crippen LogP contribution < -0.4 is 0 Å². The zero-order valence-electron chi connectivity index (χ0n) is 7.13. The Balaban J connectivity index is 4.06. The van der Waals surface area contributed by atoms with Gasteiger partial charge in [-0.3, -0.25) is 4.79 Å². The number of carbonyl (C=O) groups excluding carboxylic acids is 1. The predicted octanol–water partition coefficient (Wildman–Crippen LogP) is 1.35. The van der Waals surface area contributed by atoms with Crippen LogP contribution in [0.5, 0.6) is 0 Å². The molecule has 0 amide bonds. The Morgan fingerprint density at radius 3 is 2.45 bits per heavy atom. The number of nitriles is 1. The Morgan fingerprint density at radius 2 is 2.18 bits per heavy atom. The largest absolute Gasteiger partial charge is 0.465 e. The highest BCUT2D eigenvalue weighted by atomic mass is 16.5. The van der Waals surface area contributed by atoms with Gasteiger partial charge in [0.05, 0.1) is 12.7 Å². The van der Waals surface area contributed by atoms with E-state index in [9.17, 15) is 4.79 Å². The highest BCUT2D eigenvalue weighted by Gasteiger charge is 2.22. The number of hydrogen-bond acceptors (Lipinski definition) is 3. The first kappa shape index (κ1) is 9.96. The van der Waals surface area contributed by atoms with Crippen LogP contribution in [0.25, 0.3) is 0 Å². The highest BCUT2D eigenvalue weighted by molar-refractivity contribution is 5.75. The van der Waals surface area contributed by atoms with Crippen molar-refractivity contribution in [2.75, 3.05) is 6.61 Å². The summed E-state index contributed by atoms with van der Waals surface area (Å²) in [5, 5.41) is 8.54. The molecule has 11 heavy (non-hydrogen) atoms. The molecule has 0 N–H and O–H groups in total. The van der Waals surface area contributed by atoms with Gasteiger partial charge < -0.3 is 4.74 Å². The van der Waals surface area contributed by atoms with Gasteiger partial charge in [-0.25, -0.2) is 0 Å². The standard InChI is InChI=1S/C8H13NO2/c1-4-11-8(10)7(5-9)6(2)3/h6-7H,4H2,1-3H3/t7-/m0/s1. The molecular formula is C8H13NO2. The van der Waals surface area contributed by atoms with E-state index in [0.29, 0.717) is 6.61 Å². The third-order valence-electron chi connectivity index (χ3n) is 1.35. The Morgan fingerprint density at radius 1 is 1.64 bits per heavy atom. The maximum atomic E-state index is 11.0. The Labute approximate surface area is 67.0 Å². The average Bonchev–Trinajstić information content (AvgIpc) is 1.88. The minimum absolute atomic E-state index is 0.0269. The summed E-state index contributed by atoms with van der Waals surface area (Å²) >= 11 is 0. The van der Waals surface area contributed by atoms with Crippen molar-refractivity contribution in [1.29, 1.82) is 5.26 Å². The predicted molar refractivity (Wildman–Crippen MR) is 40.6 cm³/mol. The van der Waals surface area contributed by atoms with Crippen LogP contribution in [-0.2, 0) is 9.53 Å². The van der Waals surface area contributed by atoms with E-state index in [0.717, 1.165) is 0 Å². The fourth-order valence-corrected chi connectivity index (χ4v) is 0.706. The number of nitrogens with zero attached hydrogens (tertiary/aromatic N) is 1. The van der Waals surface area contributed by atoms with Crippen molar-refractivity contribution >= 4 is 5.97 Å². The summed E-state index contributed by atoms with van der Waals surface area (Å²) in [5.41, 5.74) is 0. The van der Waals surface area contributed by atoms with Gasteiger partial charge in [-0.15, -0.1) is 0 Å². The molecular weight excluding hydrogens is 142 g/mol. The van der Waals surface area contributed by atoms with Gasteiger partial charge in [0.1, 0.15) is 5.92 Å². The molecule has 0 bridgehead atoms. The second-order valence-corrected chi connectivity index (χ2v) is 2.60. The first-order valence-corrected chi connectivity index (χ1v) is 3.69. The molecule has 0 aliphatic rings. The molecule has 0 aromatic carbocycles. The quantitative estimate of drug-likeness (QED) is 0.578. The van der Waals surface area contributed by atoms with Crippen LogP contribution >= 0.6 is 0 Å². The van der Waals surface area contributed by atoms with Crippen LogP contribution in [0.3, 0.4) is 0 Å². The van der Waals surface area contributed by atoms with Crippen molar-refractivity contribution in [3.63, 3.8) is 0 Å². The van der Waals surface area contributed by atoms with Gasteiger partial charge in [0.15, 0.2) is 0 Å². The number of carbonyl (C=O) groups is 1. The third-order valence-corrected chi connectivity index (χ3v) is 1.35. The number of ether oxygens (including phenoxy) is 1. The summed E-state index contributed by atoms with van der Waals surface area (Å²) in [5.74, 6) is -1.00. The van der Waals surface area contributed by atoms with Gasteiger partial charge in [0, 0.05) is 0 Å². The molecule has 1 atom stereocenters. The molecule has 0 aromatic heterocycles. The molecule has 0 aromatic rings. The lowest BCUT2D eigenvalue weighted by atomic mass is 9.98. The first-order valence-electron chi connectivity index (χ1n) is 3.69. The van der Waals surface area contributed by atoms with E-state index in [1.165, 1.54) is 0 Å². The van der Waals surface area contributed by atoms with Crippen molar-refractivity contribution in [1.82, 2.24) is 0 Å². The van der Waals surface area contributed by atoms with E-state index in [2.05, 4.69) is 0 Å². The van der Waals surface area contributed by atoms with Gasteiger partial charge in [0.25, 0.3) is 0 Å². The van der Waals surface area contributed by atoms with Crippen LogP contribution in [0.1, 0.15) is 20.8 Å². The molecule has 0 aliphatic carbocycles. The van der Waals surface area contributed by atoms with E-state index >= 15 is 0 Å². The number of hydrogen-bond donors (Lipinski definition) is 0. The molecule has 0 fully saturated rings. The Bertz CT molecular complexity index is 169. The number of esters is 1. The average molecular weight is 155 g/mol. The van der Waals surface area contributed by atoms with Gasteiger partial charge in [-0.05, 0) is 12.8 Å². The van der Waals surface area contributed by atoms with Gasteiger partial charge in [-0.2, -0.15) is 5.26 Å². The van der Waals surface area contributed by atoms with Crippen molar-refractivity contribution < 1.29 is 9.53 Å². The fraction of sp³-hybridized carbons (Fsp3) is 0.750. The van der Waals surface area contributed by atoms with Crippen LogP contribution in [0.2, 0.25) is 0 Å². The lowest BCUT2D eigenvalue weighted by Crippen LogP contribution is -2.20. The summed E-state index contributed by atoms with van der Waals surface area (Å²) in [6.45, 7) is 5.71. The zero-order chi connectivity index (χ0) is 8.85. The van der Waals surface area contributed by atoms with Crippen molar-refractivity contribution in [3.05, 3.63) is 0 Å². The van der Waals surface area contributed by atoms with Crippen LogP contribution in [0, 0.1) is 23.2 Å². The lowest BCUT2D eigenvalue weighted by Gasteiger charge is -2.10. The molecule has 0 spiro atoms. The third kappa shape index (κ3) is 3.03. The van der Waals surface area contributed by atoms with Gasteiger partial charge in [0.2, 0.25) is 0 Å². The molecule has 0 saturated carbocycles. The molecule has 62 valence electrons. The second kappa shape index (κ2) is 4.73. The van der Waals surface area contributed by atoms with Crippen molar-refractivity contribution in [2.24, 2.45) is 11.8 Å². The van der Waals surface area contributed by atoms with Crippen LogP contribution in [0.15, 0.2) is 0 Å². The van der Waals surface area contributed by atoms with E-state index in [1.807, 2.05) is 19.9 Å². The molecule has 0 rings (SSSR count). The Hall–Kier alpha value is -1.04. The van der Waals surface area contributed by atoms with Crippen LogP contribution in [0.4, 0.5) is 0 Å². The zero-order valence-corrected chi connectivity index (χ0v) is 7.13. The second-order valence-electron chi connectivity index (χ2n) is 2.60. The molecule has 0 radical (unpaired) electrons. The van der Waals surface area contributed by atoms with E-state index in [-0.39, 0.29) is 5.92 Å². The molecule has 0 unspecified atom stereocenters. The van der Waals surface area contributed by atoms with E-state index in [4.69, 9.17) is 10.00 Å². The van der Waals surface area contributed by atoms with Crippen molar-refractivity contribution in [2.45, 2.75) is 20.8 Å². The van der Waals surface area contributed by atoms with Crippen LogP contribution in [-0.4, -0.2) is 12.6 Å². The molecule has 3 nitrogen and oxygen atoms in total. The monoisotopic (exact) mass is 155 g/mol. The van der Waals surface area contributed by atoms with Crippen molar-refractivity contribution in [3.8, 4) is 6.07 Å². The summed E-state index contributed by atoms with van der Waals surface area (Å²) in [4.78, 5) is 11.0. The van der Waals surface area contributed by atoms with E-state index in [1.54, 1.807) is 6.92 Å². The topological polar surface area (TPSA) is 50.1 Å². The maximum absolute atomic E-state index is 11.0. The van der Waals surface area contributed by atoms with Gasteiger partial charge in [-0.1, -0.05) is 13.8 Å². The SMILES string of the molecule is CCOC(=O)[C@@H](C#N)C(C)C. The van der Waals surface area contributed by atoms with E-state index < -0.39 is 11.9 Å². The molecule has 0 aliphatic heterocycles. The summed E-state index contributed by atoms with van der Waals surface area (Å²) < 4.78 is 4.69. The normalized spacial score (nSPS) is 12.3. The smallest absolute Gasteiger partial charge is 0.323 e. The molecule has 3 heteroatoms. The molecule has 0 heterocycles. The summed E-state index contributed by atoms with van der Waals surface area (Å²) in [7, 11) is 0. The summed E-state index contributed by atoms with van der Waals surface area (Å²) in [6.07, 6.45) is 0. The minimum Gasteiger partial charge on any atom is -0.465 e. The summed E-state index contributed by atoms with van der Waals surface area (Å²) in [6, 6.07) is 1.91. The number of rotatable bonds is 3. The first-order chi connectivity index (χ1) is 5.13. The van der Waals surface area contributed by atoms with Gasteiger partial charge >= 0.3 is 5.97 Å². The highest BCUT2D eigenvalue weighted by Crippen LogP contribution is 2.10. The molecule has 0 saturated heterocycles. The minimum atomic E-state index is -0.616. The fourth-order valence-electron chi connectivity index (χ4n) is 0.706. The lowest BCUT2D eigenvalue weighted by molar-refractivity contribution is -0.147.